The van der Waals surface area contributed by atoms with Gasteiger partial charge in [-0.3, -0.25) is 4.98 Å². The summed E-state index contributed by atoms with van der Waals surface area (Å²) >= 11 is 0. The number of pyridine rings is 1. The minimum Gasteiger partial charge on any atom is -0.316 e. The Kier molecular flexibility index (Phi) is 5.34. The van der Waals surface area contributed by atoms with Crippen LogP contribution in [0.1, 0.15) is 45.2 Å². The predicted octanol–water partition coefficient (Wildman–Crippen LogP) is 2.48. The first-order valence-corrected chi connectivity index (χ1v) is 7.54. The smallest absolute Gasteiger partial charge is 0.0472 e. The maximum Gasteiger partial charge on any atom is 0.0472 e. The van der Waals surface area contributed by atoms with Gasteiger partial charge >= 0.3 is 0 Å². The Hall–Kier alpha value is -0.930. The lowest BCUT2D eigenvalue weighted by Gasteiger charge is -2.26. The fourth-order valence-corrected chi connectivity index (χ4v) is 2.70. The fourth-order valence-electron chi connectivity index (χ4n) is 2.70. The van der Waals surface area contributed by atoms with Crippen LogP contribution >= 0.6 is 0 Å². The summed E-state index contributed by atoms with van der Waals surface area (Å²) in [6.45, 7) is 7.77. The van der Waals surface area contributed by atoms with Gasteiger partial charge in [0.2, 0.25) is 0 Å². The normalized spacial score (nSPS) is 20.4. The van der Waals surface area contributed by atoms with Gasteiger partial charge in [-0.1, -0.05) is 26.3 Å². The van der Waals surface area contributed by atoms with Crippen molar-refractivity contribution in [3.8, 4) is 0 Å². The molecule has 1 atom stereocenters. The van der Waals surface area contributed by atoms with Crippen molar-refractivity contribution in [3.05, 3.63) is 30.1 Å². The minimum absolute atomic E-state index is 0.0985. The van der Waals surface area contributed by atoms with Gasteiger partial charge in [-0.05, 0) is 44.5 Å². The van der Waals surface area contributed by atoms with Crippen LogP contribution in [0.2, 0.25) is 0 Å². The molecule has 1 saturated heterocycles. The van der Waals surface area contributed by atoms with Crippen molar-refractivity contribution in [2.75, 3.05) is 19.6 Å². The highest BCUT2D eigenvalue weighted by atomic mass is 14.9. The van der Waals surface area contributed by atoms with E-state index < -0.39 is 0 Å². The van der Waals surface area contributed by atoms with Crippen molar-refractivity contribution in [1.29, 1.82) is 0 Å². The van der Waals surface area contributed by atoms with Gasteiger partial charge in [0, 0.05) is 29.9 Å². The van der Waals surface area contributed by atoms with E-state index in [0.717, 1.165) is 19.1 Å². The molecule has 19 heavy (non-hydrogen) atoms. The average molecular weight is 261 g/mol. The molecule has 2 rings (SSSR count). The maximum absolute atomic E-state index is 4.47. The number of aromatic nitrogens is 1. The number of nitrogens with one attached hydrogen (secondary N) is 2. The Balaban J connectivity index is 1.69. The lowest BCUT2D eigenvalue weighted by molar-refractivity contribution is 0.367. The second-order valence-electron chi connectivity index (χ2n) is 6.21. The van der Waals surface area contributed by atoms with Crippen LogP contribution in [0.3, 0.4) is 0 Å². The van der Waals surface area contributed by atoms with Crippen molar-refractivity contribution >= 4 is 0 Å². The largest absolute Gasteiger partial charge is 0.316 e. The Morgan fingerprint density at radius 3 is 2.95 bits per heavy atom. The van der Waals surface area contributed by atoms with Crippen LogP contribution in [-0.4, -0.2) is 30.7 Å². The highest BCUT2D eigenvalue weighted by Crippen LogP contribution is 2.19. The standard InChI is InChI=1S/C16H27N3/c1-16(2,15-8-4-6-11-19-15)13-17-12-9-14-7-3-5-10-18-14/h4,6,8,11,14,17-18H,3,5,7,9-10,12-13H2,1-2H3. The molecule has 1 aromatic heterocycles. The second-order valence-corrected chi connectivity index (χ2v) is 6.21. The van der Waals surface area contributed by atoms with Crippen molar-refractivity contribution in [1.82, 2.24) is 15.6 Å². The van der Waals surface area contributed by atoms with Gasteiger partial charge in [0.1, 0.15) is 0 Å². The number of piperidine rings is 1. The first-order valence-electron chi connectivity index (χ1n) is 7.54. The van der Waals surface area contributed by atoms with E-state index in [9.17, 15) is 0 Å². The van der Waals surface area contributed by atoms with E-state index in [1.54, 1.807) is 0 Å². The van der Waals surface area contributed by atoms with E-state index in [0.29, 0.717) is 0 Å². The zero-order chi connectivity index (χ0) is 13.6. The molecule has 0 aromatic carbocycles. The number of hydrogen-bond acceptors (Lipinski definition) is 3. The second kappa shape index (κ2) is 7.01. The quantitative estimate of drug-likeness (QED) is 0.773. The first kappa shape index (κ1) is 14.5. The van der Waals surface area contributed by atoms with Crippen molar-refractivity contribution in [2.45, 2.75) is 51.0 Å². The molecular formula is C16H27N3. The van der Waals surface area contributed by atoms with Gasteiger partial charge in [-0.15, -0.1) is 0 Å². The molecule has 1 aliphatic heterocycles. The lowest BCUT2D eigenvalue weighted by Crippen LogP contribution is -2.39. The molecule has 1 aliphatic rings. The zero-order valence-electron chi connectivity index (χ0n) is 12.3. The zero-order valence-corrected chi connectivity index (χ0v) is 12.3. The summed E-state index contributed by atoms with van der Waals surface area (Å²) in [6, 6.07) is 6.88. The third kappa shape index (κ3) is 4.59. The highest BCUT2D eigenvalue weighted by molar-refractivity contribution is 5.14. The van der Waals surface area contributed by atoms with Gasteiger partial charge in [0.25, 0.3) is 0 Å². The van der Waals surface area contributed by atoms with Gasteiger partial charge in [0.15, 0.2) is 0 Å². The van der Waals surface area contributed by atoms with Gasteiger partial charge in [-0.25, -0.2) is 0 Å². The molecule has 1 unspecified atom stereocenters. The fraction of sp³-hybridized carbons (Fsp3) is 0.688. The van der Waals surface area contributed by atoms with Crippen LogP contribution in [0, 0.1) is 0 Å². The van der Waals surface area contributed by atoms with Crippen LogP contribution in [-0.2, 0) is 5.41 Å². The third-order valence-electron chi connectivity index (χ3n) is 4.01. The Morgan fingerprint density at radius 2 is 2.26 bits per heavy atom. The van der Waals surface area contributed by atoms with E-state index in [1.165, 1.54) is 37.9 Å². The molecule has 1 fully saturated rings. The number of rotatable bonds is 6. The summed E-state index contributed by atoms with van der Waals surface area (Å²) in [5.41, 5.74) is 1.26. The number of nitrogens with zero attached hydrogens (tertiary/aromatic N) is 1. The van der Waals surface area contributed by atoms with Gasteiger partial charge in [-0.2, -0.15) is 0 Å². The van der Waals surface area contributed by atoms with Crippen molar-refractivity contribution < 1.29 is 0 Å². The van der Waals surface area contributed by atoms with E-state index >= 15 is 0 Å². The van der Waals surface area contributed by atoms with E-state index in [2.05, 4.69) is 41.6 Å². The summed E-state index contributed by atoms with van der Waals surface area (Å²) in [7, 11) is 0. The van der Waals surface area contributed by atoms with Crippen LogP contribution in [0.5, 0.6) is 0 Å². The van der Waals surface area contributed by atoms with Crippen LogP contribution in [0.25, 0.3) is 0 Å². The van der Waals surface area contributed by atoms with Crippen LogP contribution < -0.4 is 10.6 Å². The molecule has 2 heterocycles. The minimum atomic E-state index is 0.0985. The van der Waals surface area contributed by atoms with Gasteiger partial charge < -0.3 is 10.6 Å². The Bertz CT molecular complexity index is 356. The van der Waals surface area contributed by atoms with E-state index in [1.807, 2.05) is 12.3 Å². The molecule has 3 heteroatoms. The molecule has 1 aromatic rings. The molecule has 2 N–H and O–H groups in total. The van der Waals surface area contributed by atoms with Gasteiger partial charge in [0.05, 0.1) is 0 Å². The van der Waals surface area contributed by atoms with Crippen molar-refractivity contribution in [3.63, 3.8) is 0 Å². The average Bonchev–Trinajstić information content (AvgIpc) is 2.46. The van der Waals surface area contributed by atoms with Crippen LogP contribution in [0.4, 0.5) is 0 Å². The first-order chi connectivity index (χ1) is 9.18. The third-order valence-corrected chi connectivity index (χ3v) is 4.01. The highest BCUT2D eigenvalue weighted by Gasteiger charge is 2.21. The molecule has 0 spiro atoms. The monoisotopic (exact) mass is 261 g/mol. The van der Waals surface area contributed by atoms with Crippen LogP contribution in [0.15, 0.2) is 24.4 Å². The molecule has 0 saturated carbocycles. The van der Waals surface area contributed by atoms with E-state index in [4.69, 9.17) is 0 Å². The predicted molar refractivity (Wildman–Crippen MR) is 80.4 cm³/mol. The molecule has 0 bridgehead atoms. The summed E-state index contributed by atoms with van der Waals surface area (Å²) in [6.07, 6.45) is 7.18. The summed E-state index contributed by atoms with van der Waals surface area (Å²) in [5.74, 6) is 0. The molecule has 3 nitrogen and oxygen atoms in total. The maximum atomic E-state index is 4.47. The molecular weight excluding hydrogens is 234 g/mol. The molecule has 0 amide bonds. The molecule has 106 valence electrons. The SMILES string of the molecule is CC(C)(CNCCC1CCCCN1)c1ccccn1. The summed E-state index contributed by atoms with van der Waals surface area (Å²) in [4.78, 5) is 4.47. The van der Waals surface area contributed by atoms with Crippen molar-refractivity contribution in [2.24, 2.45) is 0 Å². The molecule has 0 aliphatic carbocycles. The van der Waals surface area contributed by atoms with E-state index in [-0.39, 0.29) is 5.41 Å². The lowest BCUT2D eigenvalue weighted by atomic mass is 9.88. The number of hydrogen-bond donors (Lipinski definition) is 2. The Labute approximate surface area is 117 Å². The summed E-state index contributed by atoms with van der Waals surface area (Å²) in [5, 5.41) is 7.19. The molecule has 0 radical (unpaired) electrons. The topological polar surface area (TPSA) is 37.0 Å². The summed E-state index contributed by atoms with van der Waals surface area (Å²) < 4.78 is 0. The Morgan fingerprint density at radius 1 is 1.37 bits per heavy atom.